The van der Waals surface area contributed by atoms with Crippen molar-refractivity contribution in [1.82, 2.24) is 10.3 Å². The number of amides is 1. The molecule has 6 heteroatoms. The number of allylic oxidation sites excluding steroid dienone is 1. The van der Waals surface area contributed by atoms with Crippen molar-refractivity contribution < 1.29 is 19.4 Å². The topological polar surface area (TPSA) is 88.5 Å². The first-order valence-corrected chi connectivity index (χ1v) is 10.1. The highest BCUT2D eigenvalue weighted by Gasteiger charge is 2.72. The van der Waals surface area contributed by atoms with Crippen LogP contribution in [0.4, 0.5) is 0 Å². The van der Waals surface area contributed by atoms with Crippen LogP contribution in [-0.2, 0) is 10.3 Å². The van der Waals surface area contributed by atoms with Crippen molar-refractivity contribution in [3.8, 4) is 5.75 Å². The number of hydrogen-bond donors (Lipinski definition) is 2. The van der Waals surface area contributed by atoms with Crippen molar-refractivity contribution in [2.75, 3.05) is 0 Å². The van der Waals surface area contributed by atoms with Crippen LogP contribution in [0.3, 0.4) is 0 Å². The molecule has 0 bridgehead atoms. The molecule has 1 aromatic carbocycles. The fourth-order valence-electron chi connectivity index (χ4n) is 4.63. The second-order valence-electron chi connectivity index (χ2n) is 8.24. The smallest absolute Gasteiger partial charge is 0.271 e. The summed E-state index contributed by atoms with van der Waals surface area (Å²) >= 11 is 0. The summed E-state index contributed by atoms with van der Waals surface area (Å²) in [5.41, 5.74) is 0.819. The molecule has 2 heterocycles. The quantitative estimate of drug-likeness (QED) is 0.823. The molecule has 1 aromatic heterocycles. The van der Waals surface area contributed by atoms with Crippen LogP contribution in [0.5, 0.6) is 5.75 Å². The fraction of sp³-hybridized carbons (Fsp3) is 0.292. The molecule has 0 fully saturated rings. The van der Waals surface area contributed by atoms with Gasteiger partial charge in [0, 0.05) is 22.9 Å². The lowest BCUT2D eigenvalue weighted by atomic mass is 9.81. The van der Waals surface area contributed by atoms with Gasteiger partial charge < -0.3 is 15.2 Å². The van der Waals surface area contributed by atoms with Crippen molar-refractivity contribution in [2.24, 2.45) is 0 Å². The Morgan fingerprint density at radius 3 is 2.83 bits per heavy atom. The number of hydrogen-bond acceptors (Lipinski definition) is 5. The lowest BCUT2D eigenvalue weighted by Crippen LogP contribution is -2.63. The second kappa shape index (κ2) is 6.37. The molecule has 0 radical (unpaired) electrons. The highest BCUT2D eigenvalue weighted by Crippen LogP contribution is 2.58. The normalized spacial score (nSPS) is 26.3. The van der Waals surface area contributed by atoms with Crippen LogP contribution in [0.25, 0.3) is 0 Å². The Hall–Kier alpha value is -3.25. The monoisotopic (exact) mass is 402 g/mol. The van der Waals surface area contributed by atoms with E-state index in [0.717, 1.165) is 5.56 Å². The van der Waals surface area contributed by atoms with Crippen molar-refractivity contribution in [1.29, 1.82) is 0 Å². The number of carbonyl (C=O) groups excluding carboxylic acids is 2. The molecular weight excluding hydrogens is 380 g/mol. The summed E-state index contributed by atoms with van der Waals surface area (Å²) in [6, 6.07) is 10.5. The third-order valence-corrected chi connectivity index (χ3v) is 6.19. The number of pyridine rings is 1. The SMILES string of the molecule is CC(C)c1ccc2c(c1)OC1(O)C3=C(CCC=C3)C(=O)C21NC(=O)c1ccccn1. The summed E-state index contributed by atoms with van der Waals surface area (Å²) in [6.07, 6.45) is 6.35. The van der Waals surface area contributed by atoms with Gasteiger partial charge in [-0.2, -0.15) is 0 Å². The van der Waals surface area contributed by atoms with E-state index < -0.39 is 17.2 Å². The summed E-state index contributed by atoms with van der Waals surface area (Å²) in [4.78, 5) is 30.9. The average Bonchev–Trinajstić information content (AvgIpc) is 3.11. The van der Waals surface area contributed by atoms with Crippen LogP contribution in [-0.4, -0.2) is 27.6 Å². The van der Waals surface area contributed by atoms with Gasteiger partial charge in [0.2, 0.25) is 5.54 Å². The number of nitrogens with zero attached hydrogens (tertiary/aromatic N) is 1. The van der Waals surface area contributed by atoms with Crippen LogP contribution in [0.2, 0.25) is 0 Å². The molecule has 2 unspecified atom stereocenters. The molecule has 3 aliphatic rings. The zero-order valence-corrected chi connectivity index (χ0v) is 16.8. The predicted molar refractivity (Wildman–Crippen MR) is 110 cm³/mol. The zero-order valence-electron chi connectivity index (χ0n) is 16.8. The van der Waals surface area contributed by atoms with Gasteiger partial charge >= 0.3 is 0 Å². The van der Waals surface area contributed by atoms with Crippen molar-refractivity contribution in [2.45, 2.75) is 43.9 Å². The number of Topliss-reactive ketones (excluding diaryl/α,β-unsaturated/α-hetero) is 1. The summed E-state index contributed by atoms with van der Waals surface area (Å²) in [7, 11) is 0. The van der Waals surface area contributed by atoms with E-state index in [1.54, 1.807) is 30.3 Å². The summed E-state index contributed by atoms with van der Waals surface area (Å²) in [5.74, 6) is -2.23. The number of carbonyl (C=O) groups is 2. The van der Waals surface area contributed by atoms with E-state index in [9.17, 15) is 14.7 Å². The molecule has 2 atom stereocenters. The van der Waals surface area contributed by atoms with Gasteiger partial charge in [-0.05, 0) is 42.5 Å². The van der Waals surface area contributed by atoms with Crippen LogP contribution in [0.15, 0.2) is 65.9 Å². The number of ketones is 1. The predicted octanol–water partition coefficient (Wildman–Crippen LogP) is 3.14. The molecule has 0 saturated carbocycles. The number of fused-ring (bicyclic) bond motifs is 4. The minimum absolute atomic E-state index is 0.162. The van der Waals surface area contributed by atoms with Gasteiger partial charge in [-0.25, -0.2) is 0 Å². The second-order valence-corrected chi connectivity index (χ2v) is 8.24. The molecule has 0 spiro atoms. The number of ether oxygens (including phenoxy) is 1. The van der Waals surface area contributed by atoms with Gasteiger partial charge in [0.1, 0.15) is 11.4 Å². The van der Waals surface area contributed by atoms with Gasteiger partial charge in [-0.3, -0.25) is 14.6 Å². The molecule has 2 aromatic rings. The maximum Gasteiger partial charge on any atom is 0.271 e. The minimum atomic E-state index is -2.00. The Bertz CT molecular complexity index is 1140. The molecular formula is C24H22N2O4. The number of aromatic nitrogens is 1. The van der Waals surface area contributed by atoms with E-state index in [2.05, 4.69) is 24.1 Å². The van der Waals surface area contributed by atoms with Crippen molar-refractivity contribution >= 4 is 11.7 Å². The molecule has 1 aliphatic heterocycles. The van der Waals surface area contributed by atoms with Crippen molar-refractivity contribution in [3.63, 3.8) is 0 Å². The number of benzene rings is 1. The van der Waals surface area contributed by atoms with Gasteiger partial charge in [0.15, 0.2) is 5.78 Å². The molecule has 2 aliphatic carbocycles. The zero-order chi connectivity index (χ0) is 21.1. The molecule has 152 valence electrons. The van der Waals surface area contributed by atoms with E-state index in [1.807, 2.05) is 18.2 Å². The van der Waals surface area contributed by atoms with E-state index >= 15 is 0 Å². The van der Waals surface area contributed by atoms with Gasteiger partial charge in [-0.1, -0.05) is 44.2 Å². The highest BCUT2D eigenvalue weighted by atomic mass is 16.6. The average molecular weight is 402 g/mol. The van der Waals surface area contributed by atoms with Gasteiger partial charge in [-0.15, -0.1) is 0 Å². The Morgan fingerprint density at radius 1 is 1.27 bits per heavy atom. The van der Waals surface area contributed by atoms with E-state index in [1.165, 1.54) is 6.20 Å². The number of rotatable bonds is 3. The lowest BCUT2D eigenvalue weighted by Gasteiger charge is -2.35. The summed E-state index contributed by atoms with van der Waals surface area (Å²) in [6.45, 7) is 4.11. The fourth-order valence-corrected chi connectivity index (χ4v) is 4.63. The first kappa shape index (κ1) is 18.8. The van der Waals surface area contributed by atoms with E-state index in [0.29, 0.717) is 35.3 Å². The molecule has 0 saturated heterocycles. The number of nitrogens with one attached hydrogen (secondary N) is 1. The maximum absolute atomic E-state index is 13.7. The summed E-state index contributed by atoms with van der Waals surface area (Å²) in [5, 5.41) is 14.6. The Labute approximate surface area is 174 Å². The molecule has 2 N–H and O–H groups in total. The lowest BCUT2D eigenvalue weighted by molar-refractivity contribution is -0.154. The van der Waals surface area contributed by atoms with Crippen LogP contribution >= 0.6 is 0 Å². The Balaban J connectivity index is 1.69. The standard InChI is InChI=1S/C24H22N2O4/c1-14(2)15-10-11-18-20(13-15)30-24(29)17-8-4-3-7-16(17)21(27)23(18,24)26-22(28)19-9-5-6-12-25-19/h4-6,8-14,29H,3,7H2,1-2H3,(H,26,28). The molecule has 1 amide bonds. The first-order chi connectivity index (χ1) is 14.4. The highest BCUT2D eigenvalue weighted by molar-refractivity contribution is 6.13. The Morgan fingerprint density at radius 2 is 2.10 bits per heavy atom. The largest absolute Gasteiger partial charge is 0.454 e. The summed E-state index contributed by atoms with van der Waals surface area (Å²) < 4.78 is 6.08. The minimum Gasteiger partial charge on any atom is -0.454 e. The third kappa shape index (κ3) is 2.31. The molecule has 30 heavy (non-hydrogen) atoms. The first-order valence-electron chi connectivity index (χ1n) is 10.1. The Kier molecular flexibility index (Phi) is 3.98. The van der Waals surface area contributed by atoms with Gasteiger partial charge in [0.05, 0.1) is 0 Å². The van der Waals surface area contributed by atoms with E-state index in [4.69, 9.17) is 4.74 Å². The van der Waals surface area contributed by atoms with Crippen molar-refractivity contribution in [3.05, 3.63) is 82.7 Å². The number of aliphatic hydroxyl groups is 1. The third-order valence-electron chi connectivity index (χ3n) is 6.19. The van der Waals surface area contributed by atoms with Crippen LogP contribution < -0.4 is 10.1 Å². The van der Waals surface area contributed by atoms with Gasteiger partial charge in [0.25, 0.3) is 11.7 Å². The maximum atomic E-state index is 13.7. The molecule has 6 nitrogen and oxygen atoms in total. The van der Waals surface area contributed by atoms with E-state index in [-0.39, 0.29) is 17.4 Å². The molecule has 5 rings (SSSR count). The van der Waals surface area contributed by atoms with Crippen LogP contribution in [0.1, 0.15) is 54.2 Å². The van der Waals surface area contributed by atoms with Crippen LogP contribution in [0, 0.1) is 0 Å².